The number of nitro groups is 1. The Morgan fingerprint density at radius 2 is 1.89 bits per heavy atom. The molecule has 0 aromatic heterocycles. The predicted molar refractivity (Wildman–Crippen MR) is 99.5 cm³/mol. The first kappa shape index (κ1) is 20.0. The van der Waals surface area contributed by atoms with Gasteiger partial charge in [-0.15, -0.1) is 0 Å². The summed E-state index contributed by atoms with van der Waals surface area (Å²) in [6.45, 7) is 0. The molecule has 11 heteroatoms. The van der Waals surface area contributed by atoms with Crippen LogP contribution in [0.3, 0.4) is 0 Å². The van der Waals surface area contributed by atoms with Crippen LogP contribution in [0.25, 0.3) is 0 Å². The van der Waals surface area contributed by atoms with Gasteiger partial charge in [0.15, 0.2) is 19.7 Å². The molecule has 1 heterocycles. The fourth-order valence-electron chi connectivity index (χ4n) is 3.02. The third-order valence-electron chi connectivity index (χ3n) is 4.40. The molecular formula is C17H16N2O7S2. The predicted octanol–water partition coefficient (Wildman–Crippen LogP) is 1.65. The van der Waals surface area contributed by atoms with Crippen LogP contribution in [-0.4, -0.2) is 39.7 Å². The second kappa shape index (κ2) is 6.99. The van der Waals surface area contributed by atoms with Gasteiger partial charge in [-0.25, -0.2) is 16.8 Å². The standard InChI is InChI=1S/C17H16N2O7S2/c1-27(23,24)13-9-11(8-12(10-13)19(21)22)17(20)18-15-6-7-28(25,26)16-5-3-2-4-14(15)16/h2-5,8-10,15H,6-7H2,1H3,(H,18,20). The van der Waals surface area contributed by atoms with E-state index in [1.54, 1.807) is 18.2 Å². The molecule has 0 fully saturated rings. The summed E-state index contributed by atoms with van der Waals surface area (Å²) in [5.74, 6) is -0.883. The lowest BCUT2D eigenvalue weighted by Crippen LogP contribution is -2.34. The quantitative estimate of drug-likeness (QED) is 0.581. The summed E-state index contributed by atoms with van der Waals surface area (Å²) in [6.07, 6.45) is 1.02. The molecule has 1 aliphatic rings. The van der Waals surface area contributed by atoms with Crippen LogP contribution in [0.4, 0.5) is 5.69 Å². The summed E-state index contributed by atoms with van der Waals surface area (Å²) < 4.78 is 48.0. The van der Waals surface area contributed by atoms with E-state index in [0.29, 0.717) is 5.56 Å². The van der Waals surface area contributed by atoms with Gasteiger partial charge in [-0.2, -0.15) is 0 Å². The van der Waals surface area contributed by atoms with E-state index in [9.17, 15) is 31.7 Å². The monoisotopic (exact) mass is 424 g/mol. The lowest BCUT2D eigenvalue weighted by molar-refractivity contribution is -0.385. The van der Waals surface area contributed by atoms with E-state index >= 15 is 0 Å². The van der Waals surface area contributed by atoms with Crippen LogP contribution < -0.4 is 5.32 Å². The van der Waals surface area contributed by atoms with Gasteiger partial charge in [0.25, 0.3) is 11.6 Å². The van der Waals surface area contributed by atoms with Crippen LogP contribution in [0, 0.1) is 10.1 Å². The molecule has 0 saturated carbocycles. The zero-order valence-corrected chi connectivity index (χ0v) is 16.3. The van der Waals surface area contributed by atoms with Crippen molar-refractivity contribution in [2.45, 2.75) is 22.3 Å². The molecule has 2 aromatic carbocycles. The Hall–Kier alpha value is -2.79. The lowest BCUT2D eigenvalue weighted by Gasteiger charge is -2.26. The van der Waals surface area contributed by atoms with E-state index in [0.717, 1.165) is 24.5 Å². The highest BCUT2D eigenvalue weighted by Crippen LogP contribution is 2.32. The van der Waals surface area contributed by atoms with Gasteiger partial charge >= 0.3 is 0 Å². The van der Waals surface area contributed by atoms with Crippen molar-refractivity contribution in [2.24, 2.45) is 0 Å². The Bertz CT molecular complexity index is 1190. The number of nitrogens with one attached hydrogen (secondary N) is 1. The van der Waals surface area contributed by atoms with Crippen molar-refractivity contribution in [1.29, 1.82) is 0 Å². The molecule has 0 spiro atoms. The number of non-ortho nitro benzene ring substituents is 1. The fraction of sp³-hybridized carbons (Fsp3) is 0.235. The number of rotatable bonds is 4. The van der Waals surface area contributed by atoms with Crippen molar-refractivity contribution in [3.05, 3.63) is 63.7 Å². The first-order valence-electron chi connectivity index (χ1n) is 8.11. The van der Waals surface area contributed by atoms with Crippen LogP contribution in [0.2, 0.25) is 0 Å². The van der Waals surface area contributed by atoms with E-state index in [1.165, 1.54) is 6.07 Å². The fourth-order valence-corrected chi connectivity index (χ4v) is 5.31. The Kier molecular flexibility index (Phi) is 4.98. The minimum atomic E-state index is -3.78. The molecule has 1 atom stereocenters. The van der Waals surface area contributed by atoms with Crippen molar-refractivity contribution in [3.8, 4) is 0 Å². The summed E-state index contributed by atoms with van der Waals surface area (Å²) in [6, 6.07) is 8.58. The third kappa shape index (κ3) is 3.90. The number of nitro benzene ring substituents is 1. The summed E-state index contributed by atoms with van der Waals surface area (Å²) in [4.78, 5) is 22.7. The Balaban J connectivity index is 1.98. The number of benzene rings is 2. The maximum atomic E-state index is 12.7. The minimum absolute atomic E-state index is 0.127. The summed E-state index contributed by atoms with van der Waals surface area (Å²) >= 11 is 0. The van der Waals surface area contributed by atoms with Crippen LogP contribution in [0.15, 0.2) is 52.3 Å². The molecule has 0 radical (unpaired) electrons. The average molecular weight is 424 g/mol. The second-order valence-electron chi connectivity index (χ2n) is 6.42. The highest BCUT2D eigenvalue weighted by atomic mass is 32.2. The molecule has 148 valence electrons. The highest BCUT2D eigenvalue weighted by Gasteiger charge is 2.31. The second-order valence-corrected chi connectivity index (χ2v) is 10.5. The Labute approximate surface area is 161 Å². The maximum absolute atomic E-state index is 12.7. The Morgan fingerprint density at radius 1 is 1.21 bits per heavy atom. The molecule has 0 bridgehead atoms. The van der Waals surface area contributed by atoms with Crippen LogP contribution in [0.1, 0.15) is 28.4 Å². The molecule has 1 aliphatic heterocycles. The van der Waals surface area contributed by atoms with Crippen LogP contribution >= 0.6 is 0 Å². The van der Waals surface area contributed by atoms with Gasteiger partial charge < -0.3 is 5.32 Å². The van der Waals surface area contributed by atoms with Gasteiger partial charge in [-0.3, -0.25) is 14.9 Å². The van der Waals surface area contributed by atoms with Crippen molar-refractivity contribution in [1.82, 2.24) is 5.32 Å². The number of amides is 1. The average Bonchev–Trinajstić information content (AvgIpc) is 2.63. The minimum Gasteiger partial charge on any atom is -0.345 e. The molecule has 1 unspecified atom stereocenters. The van der Waals surface area contributed by atoms with Gasteiger partial charge in [-0.05, 0) is 24.1 Å². The number of carbonyl (C=O) groups excluding carboxylic acids is 1. The smallest absolute Gasteiger partial charge is 0.271 e. The summed E-state index contributed by atoms with van der Waals surface area (Å²) in [5, 5.41) is 13.7. The summed E-state index contributed by atoms with van der Waals surface area (Å²) in [5.41, 5.74) is -0.295. The summed E-state index contributed by atoms with van der Waals surface area (Å²) in [7, 11) is -7.22. The molecular weight excluding hydrogens is 408 g/mol. The molecule has 2 aromatic rings. The number of sulfone groups is 2. The first-order chi connectivity index (χ1) is 13.0. The highest BCUT2D eigenvalue weighted by molar-refractivity contribution is 7.91. The van der Waals surface area contributed by atoms with Crippen LogP contribution in [0.5, 0.6) is 0 Å². The normalized spacial score (nSPS) is 18.1. The molecule has 9 nitrogen and oxygen atoms in total. The third-order valence-corrected chi connectivity index (χ3v) is 7.31. The number of hydrogen-bond acceptors (Lipinski definition) is 7. The molecule has 0 saturated heterocycles. The van der Waals surface area contributed by atoms with E-state index in [-0.39, 0.29) is 27.5 Å². The van der Waals surface area contributed by atoms with Gasteiger partial charge in [0.05, 0.1) is 26.5 Å². The molecule has 1 amide bonds. The lowest BCUT2D eigenvalue weighted by atomic mass is 10.0. The molecule has 28 heavy (non-hydrogen) atoms. The molecule has 3 rings (SSSR count). The van der Waals surface area contributed by atoms with E-state index in [4.69, 9.17) is 0 Å². The molecule has 0 aliphatic carbocycles. The van der Waals surface area contributed by atoms with Crippen molar-refractivity contribution >= 4 is 31.3 Å². The molecule has 1 N–H and O–H groups in total. The number of hydrogen-bond donors (Lipinski definition) is 1. The number of fused-ring (bicyclic) bond motifs is 1. The zero-order valence-electron chi connectivity index (χ0n) is 14.7. The van der Waals surface area contributed by atoms with Crippen molar-refractivity contribution < 1.29 is 26.6 Å². The van der Waals surface area contributed by atoms with E-state index in [1.807, 2.05) is 0 Å². The van der Waals surface area contributed by atoms with Gasteiger partial charge in [0, 0.05) is 24.0 Å². The SMILES string of the molecule is CS(=O)(=O)c1cc(C(=O)NC2CCS(=O)(=O)c3ccccc32)cc([N+](=O)[O-])c1. The number of carbonyl (C=O) groups is 1. The maximum Gasteiger partial charge on any atom is 0.271 e. The largest absolute Gasteiger partial charge is 0.345 e. The zero-order chi connectivity index (χ0) is 20.7. The van der Waals surface area contributed by atoms with Gasteiger partial charge in [-0.1, -0.05) is 18.2 Å². The first-order valence-corrected chi connectivity index (χ1v) is 11.7. The van der Waals surface area contributed by atoms with E-state index < -0.39 is 42.2 Å². The topological polar surface area (TPSA) is 141 Å². The van der Waals surface area contributed by atoms with Gasteiger partial charge in [0.2, 0.25) is 0 Å². The van der Waals surface area contributed by atoms with Crippen molar-refractivity contribution in [2.75, 3.05) is 12.0 Å². The van der Waals surface area contributed by atoms with Crippen molar-refractivity contribution in [3.63, 3.8) is 0 Å². The number of nitrogens with zero attached hydrogens (tertiary/aromatic N) is 1. The van der Waals surface area contributed by atoms with Crippen LogP contribution in [-0.2, 0) is 19.7 Å². The van der Waals surface area contributed by atoms with E-state index in [2.05, 4.69) is 5.32 Å². The van der Waals surface area contributed by atoms with Gasteiger partial charge in [0.1, 0.15) is 0 Å². The Morgan fingerprint density at radius 3 is 2.54 bits per heavy atom.